The monoisotopic (exact) mass is 833 g/mol. The SMILES string of the molecule is CC(C)(C)N(NC(=O)c1ccc(Cl)cc1)C(=O)c1ccccc1.CC1(C)[C@H](C(=O)O[C@H](C#N)c2cccc(Oc3ccccc3)c2)[C@@H]1C=C(Br)Br. The predicted octanol–water partition coefficient (Wildman–Crippen LogP) is 10.4. The van der Waals surface area contributed by atoms with Crippen molar-refractivity contribution in [1.82, 2.24) is 10.4 Å². The first-order valence-corrected chi connectivity index (χ1v) is 18.0. The Labute approximate surface area is 320 Å². The number of nitrogens with one attached hydrogen (secondary N) is 1. The number of esters is 1. The van der Waals surface area contributed by atoms with E-state index in [1.807, 2.05) is 77.1 Å². The topological polar surface area (TPSA) is 109 Å². The van der Waals surface area contributed by atoms with E-state index < -0.39 is 11.6 Å². The molecule has 1 saturated carbocycles. The molecule has 4 aromatic carbocycles. The van der Waals surface area contributed by atoms with Crippen LogP contribution < -0.4 is 10.2 Å². The fraction of sp³-hybridized carbons (Fsp3) is 0.250. The molecule has 0 heterocycles. The number of nitrogens with zero attached hydrogens (tertiary/aromatic N) is 2. The van der Waals surface area contributed by atoms with E-state index in [1.54, 1.807) is 72.8 Å². The van der Waals surface area contributed by atoms with Crippen molar-refractivity contribution in [3.8, 4) is 17.6 Å². The molecule has 3 atom stereocenters. The standard InChI is InChI=1S/C22H19Br2NO3.C18H19ClN2O2/c1-22(2)17(12-19(23)24)20(22)21(26)28-18(13-25)14-7-6-10-16(11-14)27-15-8-4-3-5-9-15;1-18(2,3)21(17(23)14-7-5-4-6-8-14)20-16(22)13-9-11-15(19)12-10-13/h3-12,17-18,20H,1-2H3;4-12H,1-3H3,(H,20,22)/t17-,18+,20-;/m0./s1. The van der Waals surface area contributed by atoms with Gasteiger partial charge in [0.2, 0.25) is 6.10 Å². The van der Waals surface area contributed by atoms with Gasteiger partial charge in [0.1, 0.15) is 17.6 Å². The second kappa shape index (κ2) is 17.2. The maximum absolute atomic E-state index is 12.7. The van der Waals surface area contributed by atoms with Crippen molar-refractivity contribution < 1.29 is 23.9 Å². The number of halogens is 3. The highest BCUT2D eigenvalue weighted by Gasteiger charge is 2.61. The van der Waals surface area contributed by atoms with Crippen LogP contribution in [0.25, 0.3) is 0 Å². The molecule has 0 bridgehead atoms. The first-order valence-electron chi connectivity index (χ1n) is 16.0. The molecule has 0 aromatic heterocycles. The summed E-state index contributed by atoms with van der Waals surface area (Å²) in [7, 11) is 0. The van der Waals surface area contributed by atoms with Gasteiger partial charge in [0, 0.05) is 21.7 Å². The van der Waals surface area contributed by atoms with Crippen molar-refractivity contribution in [3.05, 3.63) is 140 Å². The fourth-order valence-corrected chi connectivity index (χ4v) is 5.99. The molecule has 0 aliphatic heterocycles. The van der Waals surface area contributed by atoms with E-state index >= 15 is 0 Å². The van der Waals surface area contributed by atoms with Crippen LogP contribution >= 0.6 is 43.5 Å². The number of amides is 2. The fourth-order valence-electron chi connectivity index (χ4n) is 5.30. The third-order valence-corrected chi connectivity index (χ3v) is 8.96. The number of rotatable bonds is 8. The molecule has 51 heavy (non-hydrogen) atoms. The zero-order valence-electron chi connectivity index (χ0n) is 28.8. The summed E-state index contributed by atoms with van der Waals surface area (Å²) in [5.41, 5.74) is 3.44. The summed E-state index contributed by atoms with van der Waals surface area (Å²) in [6, 6.07) is 33.8. The maximum Gasteiger partial charge on any atom is 0.311 e. The van der Waals surface area contributed by atoms with Gasteiger partial charge in [0.25, 0.3) is 11.8 Å². The summed E-state index contributed by atoms with van der Waals surface area (Å²) in [6.07, 6.45) is 0.960. The average Bonchev–Trinajstić information content (AvgIpc) is 3.64. The third-order valence-electron chi connectivity index (χ3n) is 8.18. The summed E-state index contributed by atoms with van der Waals surface area (Å²) >= 11 is 12.5. The zero-order chi connectivity index (χ0) is 37.3. The molecule has 1 fully saturated rings. The molecule has 11 heteroatoms. The maximum atomic E-state index is 12.7. The minimum absolute atomic E-state index is 0.0563. The number of carbonyl (C=O) groups excluding carboxylic acids is 3. The van der Waals surface area contributed by atoms with Gasteiger partial charge < -0.3 is 9.47 Å². The van der Waals surface area contributed by atoms with Crippen LogP contribution in [-0.4, -0.2) is 28.3 Å². The van der Waals surface area contributed by atoms with Crippen molar-refractivity contribution in [2.75, 3.05) is 0 Å². The Morgan fingerprint density at radius 2 is 1.47 bits per heavy atom. The smallest absolute Gasteiger partial charge is 0.311 e. The van der Waals surface area contributed by atoms with E-state index in [0.29, 0.717) is 33.2 Å². The minimum Gasteiger partial charge on any atom is -0.457 e. The second-order valence-corrected chi connectivity index (χ2v) is 16.5. The number of hydrazine groups is 1. The third kappa shape index (κ3) is 10.8. The summed E-state index contributed by atoms with van der Waals surface area (Å²) in [5, 5.41) is 11.5. The normalized spacial score (nSPS) is 16.1. The Bertz CT molecular complexity index is 1900. The van der Waals surface area contributed by atoms with Gasteiger partial charge in [-0.25, -0.2) is 5.01 Å². The molecule has 4 aromatic rings. The van der Waals surface area contributed by atoms with Gasteiger partial charge in [-0.05, 0) is 125 Å². The highest BCUT2D eigenvalue weighted by atomic mass is 79.9. The molecule has 0 unspecified atom stereocenters. The molecule has 1 N–H and O–H groups in total. The Morgan fingerprint density at radius 1 is 0.882 bits per heavy atom. The number of benzene rings is 4. The highest BCUT2D eigenvalue weighted by Crippen LogP contribution is 2.60. The Hall–Kier alpha value is -4.43. The molecule has 0 radical (unpaired) electrons. The second-order valence-electron chi connectivity index (χ2n) is 13.3. The summed E-state index contributed by atoms with van der Waals surface area (Å²) in [4.78, 5) is 37.8. The van der Waals surface area contributed by atoms with Crippen LogP contribution in [0.5, 0.6) is 11.5 Å². The largest absolute Gasteiger partial charge is 0.457 e. The Balaban J connectivity index is 0.000000233. The lowest BCUT2D eigenvalue weighted by Gasteiger charge is -2.35. The van der Waals surface area contributed by atoms with Crippen LogP contribution in [-0.2, 0) is 9.53 Å². The Kier molecular flexibility index (Phi) is 13.3. The lowest BCUT2D eigenvalue weighted by atomic mass is 10.1. The summed E-state index contributed by atoms with van der Waals surface area (Å²) < 4.78 is 12.2. The number of carbonyl (C=O) groups is 3. The van der Waals surface area contributed by atoms with Gasteiger partial charge in [-0.2, -0.15) is 5.26 Å². The van der Waals surface area contributed by atoms with E-state index in [0.717, 1.165) is 3.39 Å². The quantitative estimate of drug-likeness (QED) is 0.140. The van der Waals surface area contributed by atoms with Gasteiger partial charge >= 0.3 is 5.97 Å². The number of hydrogen-bond donors (Lipinski definition) is 1. The van der Waals surface area contributed by atoms with Crippen LogP contribution in [0, 0.1) is 28.6 Å². The minimum atomic E-state index is -0.986. The molecule has 0 saturated heterocycles. The number of allylic oxidation sites excluding steroid dienone is 1. The molecular weight excluding hydrogens is 798 g/mol. The zero-order valence-corrected chi connectivity index (χ0v) is 32.7. The van der Waals surface area contributed by atoms with Gasteiger partial charge in [-0.15, -0.1) is 0 Å². The van der Waals surface area contributed by atoms with Crippen LogP contribution in [0.4, 0.5) is 0 Å². The molecule has 264 valence electrons. The van der Waals surface area contributed by atoms with E-state index in [4.69, 9.17) is 21.1 Å². The van der Waals surface area contributed by atoms with E-state index in [2.05, 4.69) is 43.4 Å². The molecule has 0 spiro atoms. The first-order chi connectivity index (χ1) is 24.1. The van der Waals surface area contributed by atoms with Crippen LogP contribution in [0.1, 0.15) is 67.0 Å². The van der Waals surface area contributed by atoms with Crippen LogP contribution in [0.2, 0.25) is 5.02 Å². The summed E-state index contributed by atoms with van der Waals surface area (Å²) in [6.45, 7) is 9.60. The number of nitriles is 1. The predicted molar refractivity (Wildman–Crippen MR) is 205 cm³/mol. The summed E-state index contributed by atoms with van der Waals surface area (Å²) in [5.74, 6) is 0.0587. The van der Waals surface area contributed by atoms with Gasteiger partial charge in [0.05, 0.1) is 14.8 Å². The number of hydrogen-bond acceptors (Lipinski definition) is 6. The number of para-hydroxylation sites is 1. The molecule has 1 aliphatic carbocycles. The molecule has 2 amide bonds. The Morgan fingerprint density at radius 3 is 2.04 bits per heavy atom. The van der Waals surface area contributed by atoms with Crippen molar-refractivity contribution in [2.24, 2.45) is 17.3 Å². The van der Waals surface area contributed by atoms with Gasteiger partial charge in [-0.3, -0.25) is 19.8 Å². The van der Waals surface area contributed by atoms with Crippen LogP contribution in [0.3, 0.4) is 0 Å². The van der Waals surface area contributed by atoms with E-state index in [1.165, 1.54) is 5.01 Å². The van der Waals surface area contributed by atoms with Crippen molar-refractivity contribution in [2.45, 2.75) is 46.3 Å². The molecule has 5 rings (SSSR count). The number of ether oxygens (including phenoxy) is 2. The lowest BCUT2D eigenvalue weighted by Crippen LogP contribution is -2.55. The van der Waals surface area contributed by atoms with Gasteiger partial charge in [0.15, 0.2) is 0 Å². The first kappa shape index (κ1) is 39.4. The van der Waals surface area contributed by atoms with E-state index in [-0.39, 0.29) is 35.0 Å². The van der Waals surface area contributed by atoms with Gasteiger partial charge in [-0.1, -0.05) is 80.1 Å². The van der Waals surface area contributed by atoms with Crippen LogP contribution in [0.15, 0.2) is 119 Å². The lowest BCUT2D eigenvalue weighted by molar-refractivity contribution is -0.149. The molecular formula is C40H38Br2ClN3O5. The van der Waals surface area contributed by atoms with E-state index in [9.17, 15) is 19.6 Å². The average molecular weight is 836 g/mol. The van der Waals surface area contributed by atoms with Crippen molar-refractivity contribution in [3.63, 3.8) is 0 Å². The highest BCUT2D eigenvalue weighted by molar-refractivity contribution is 9.28. The van der Waals surface area contributed by atoms with Crippen molar-refractivity contribution in [1.29, 1.82) is 5.26 Å². The molecule has 8 nitrogen and oxygen atoms in total. The van der Waals surface area contributed by atoms with Crippen molar-refractivity contribution >= 4 is 61.2 Å². The molecule has 1 aliphatic rings.